The Labute approximate surface area is 138 Å². The van der Waals surface area contributed by atoms with Crippen molar-refractivity contribution in [2.45, 2.75) is 6.54 Å². The van der Waals surface area contributed by atoms with Crippen LogP contribution in [0.5, 0.6) is 11.5 Å². The van der Waals surface area contributed by atoms with Crippen LogP contribution in [0.4, 0.5) is 4.79 Å². The summed E-state index contributed by atoms with van der Waals surface area (Å²) in [4.78, 5) is 26.7. The van der Waals surface area contributed by atoms with Gasteiger partial charge in [0.15, 0.2) is 0 Å². The molecule has 0 bridgehead atoms. The van der Waals surface area contributed by atoms with Crippen LogP contribution < -0.4 is 20.3 Å². The molecule has 0 fully saturated rings. The van der Waals surface area contributed by atoms with Crippen molar-refractivity contribution < 1.29 is 14.3 Å². The molecule has 2 N–H and O–H groups in total. The van der Waals surface area contributed by atoms with E-state index in [1.807, 2.05) is 12.1 Å². The number of ether oxygens (including phenoxy) is 2. The molecule has 1 amide bonds. The third-order valence-corrected chi connectivity index (χ3v) is 3.51. The quantitative estimate of drug-likeness (QED) is 0.773. The summed E-state index contributed by atoms with van der Waals surface area (Å²) in [7, 11) is 1.58. The Morgan fingerprint density at radius 1 is 1.08 bits per heavy atom. The van der Waals surface area contributed by atoms with Crippen molar-refractivity contribution in [3.05, 3.63) is 70.5 Å². The average molecular weight is 324 g/mol. The lowest BCUT2D eigenvalue weighted by atomic mass is 10.1. The molecule has 0 aliphatic rings. The normalized spacial score (nSPS) is 10.4. The largest absolute Gasteiger partial charge is 0.497 e. The van der Waals surface area contributed by atoms with Crippen LogP contribution in [0.25, 0.3) is 10.9 Å². The number of carbonyl (C=O) groups is 1. The lowest BCUT2D eigenvalue weighted by molar-refractivity contribution is 0.200. The molecule has 0 saturated heterocycles. The van der Waals surface area contributed by atoms with E-state index in [0.29, 0.717) is 22.6 Å². The number of hydrogen-bond acceptors (Lipinski definition) is 4. The number of methoxy groups -OCH3 is 1. The van der Waals surface area contributed by atoms with Gasteiger partial charge >= 0.3 is 6.09 Å². The van der Waals surface area contributed by atoms with Gasteiger partial charge < -0.3 is 19.8 Å². The van der Waals surface area contributed by atoms with E-state index in [4.69, 9.17) is 9.47 Å². The molecule has 1 heterocycles. The van der Waals surface area contributed by atoms with E-state index >= 15 is 0 Å². The SMILES string of the molecule is COc1ccc2[nH]c(=O)c(CNC(=O)Oc3ccccc3)cc2c1. The molecule has 0 spiro atoms. The first kappa shape index (κ1) is 15.6. The highest BCUT2D eigenvalue weighted by atomic mass is 16.6. The van der Waals surface area contributed by atoms with Gasteiger partial charge in [-0.25, -0.2) is 4.79 Å². The third-order valence-electron chi connectivity index (χ3n) is 3.51. The second kappa shape index (κ2) is 6.87. The van der Waals surface area contributed by atoms with E-state index < -0.39 is 6.09 Å². The van der Waals surface area contributed by atoms with E-state index in [-0.39, 0.29) is 12.1 Å². The average Bonchev–Trinajstić information content (AvgIpc) is 2.60. The fourth-order valence-corrected chi connectivity index (χ4v) is 2.29. The predicted octanol–water partition coefficient (Wildman–Crippen LogP) is 2.83. The van der Waals surface area contributed by atoms with E-state index in [9.17, 15) is 9.59 Å². The molecule has 0 aliphatic carbocycles. The van der Waals surface area contributed by atoms with Gasteiger partial charge in [0.1, 0.15) is 11.5 Å². The molecule has 1 aromatic heterocycles. The highest BCUT2D eigenvalue weighted by Gasteiger charge is 2.08. The Bertz CT molecular complexity index is 919. The minimum atomic E-state index is -0.619. The molecule has 6 nitrogen and oxygen atoms in total. The minimum Gasteiger partial charge on any atom is -0.497 e. The minimum absolute atomic E-state index is 0.0636. The van der Waals surface area contributed by atoms with Crippen LogP contribution in [0.2, 0.25) is 0 Å². The number of benzene rings is 2. The Kier molecular flexibility index (Phi) is 4.47. The Balaban J connectivity index is 1.73. The van der Waals surface area contributed by atoms with Crippen LogP contribution in [-0.4, -0.2) is 18.2 Å². The van der Waals surface area contributed by atoms with Crippen LogP contribution in [0.3, 0.4) is 0 Å². The van der Waals surface area contributed by atoms with Crippen LogP contribution in [0, 0.1) is 0 Å². The summed E-state index contributed by atoms with van der Waals surface area (Å²) in [5.74, 6) is 1.13. The monoisotopic (exact) mass is 324 g/mol. The van der Waals surface area contributed by atoms with Crippen molar-refractivity contribution in [1.82, 2.24) is 10.3 Å². The zero-order chi connectivity index (χ0) is 16.9. The number of rotatable bonds is 4. The van der Waals surface area contributed by atoms with Gasteiger partial charge in [-0.1, -0.05) is 18.2 Å². The molecule has 0 unspecified atom stereocenters. The number of aromatic amines is 1. The summed E-state index contributed by atoms with van der Waals surface area (Å²) in [6, 6.07) is 15.8. The zero-order valence-electron chi connectivity index (χ0n) is 13.0. The molecule has 24 heavy (non-hydrogen) atoms. The number of aromatic nitrogens is 1. The number of carbonyl (C=O) groups excluding carboxylic acids is 1. The predicted molar refractivity (Wildman–Crippen MR) is 90.4 cm³/mol. The maximum Gasteiger partial charge on any atom is 0.412 e. The van der Waals surface area contributed by atoms with Gasteiger partial charge in [-0.05, 0) is 36.4 Å². The zero-order valence-corrected chi connectivity index (χ0v) is 13.0. The molecular formula is C18H16N2O4. The standard InChI is InChI=1S/C18H16N2O4/c1-23-15-7-8-16-12(10-15)9-13(17(21)20-16)11-19-18(22)24-14-5-3-2-4-6-14/h2-10H,11H2,1H3,(H,19,22)(H,20,21). The van der Waals surface area contributed by atoms with E-state index in [1.165, 1.54) is 0 Å². The molecule has 122 valence electrons. The molecule has 3 aromatic rings. The topological polar surface area (TPSA) is 80.4 Å². The Morgan fingerprint density at radius 2 is 1.88 bits per heavy atom. The van der Waals surface area contributed by atoms with Gasteiger partial charge in [0.05, 0.1) is 13.7 Å². The van der Waals surface area contributed by atoms with Crippen molar-refractivity contribution in [3.8, 4) is 11.5 Å². The molecule has 0 aliphatic heterocycles. The molecule has 0 saturated carbocycles. The van der Waals surface area contributed by atoms with Gasteiger partial charge in [0.25, 0.3) is 5.56 Å². The van der Waals surface area contributed by atoms with Crippen LogP contribution >= 0.6 is 0 Å². The second-order valence-electron chi connectivity index (χ2n) is 5.13. The number of fused-ring (bicyclic) bond motifs is 1. The smallest absolute Gasteiger partial charge is 0.412 e. The van der Waals surface area contributed by atoms with Gasteiger partial charge in [0.2, 0.25) is 0 Å². The molecule has 3 rings (SSSR count). The van der Waals surface area contributed by atoms with Gasteiger partial charge in [-0.2, -0.15) is 0 Å². The first-order valence-electron chi connectivity index (χ1n) is 7.36. The van der Waals surface area contributed by atoms with Crippen molar-refractivity contribution in [1.29, 1.82) is 0 Å². The number of pyridine rings is 1. The molecule has 0 atom stereocenters. The fraction of sp³-hybridized carbons (Fsp3) is 0.111. The van der Waals surface area contributed by atoms with Crippen molar-refractivity contribution in [3.63, 3.8) is 0 Å². The van der Waals surface area contributed by atoms with Crippen LogP contribution in [-0.2, 0) is 6.54 Å². The summed E-state index contributed by atoms with van der Waals surface area (Å²) in [6.07, 6.45) is -0.619. The summed E-state index contributed by atoms with van der Waals surface area (Å²) >= 11 is 0. The summed E-state index contributed by atoms with van der Waals surface area (Å²) in [6.45, 7) is 0.0636. The first-order valence-corrected chi connectivity index (χ1v) is 7.36. The summed E-state index contributed by atoms with van der Waals surface area (Å²) in [5, 5.41) is 3.39. The number of H-pyrrole nitrogens is 1. The Morgan fingerprint density at radius 3 is 2.62 bits per heavy atom. The van der Waals surface area contributed by atoms with E-state index in [2.05, 4.69) is 10.3 Å². The number of nitrogens with one attached hydrogen (secondary N) is 2. The van der Waals surface area contributed by atoms with E-state index in [1.54, 1.807) is 49.6 Å². The second-order valence-corrected chi connectivity index (χ2v) is 5.13. The van der Waals surface area contributed by atoms with Gasteiger partial charge in [0, 0.05) is 16.5 Å². The number of amides is 1. The maximum absolute atomic E-state index is 12.1. The molecule has 6 heteroatoms. The Hall–Kier alpha value is -3.28. The van der Waals surface area contributed by atoms with E-state index in [0.717, 1.165) is 5.39 Å². The van der Waals surface area contributed by atoms with Gasteiger partial charge in [-0.3, -0.25) is 4.79 Å². The molecule has 2 aromatic carbocycles. The number of para-hydroxylation sites is 1. The highest BCUT2D eigenvalue weighted by molar-refractivity contribution is 5.80. The fourth-order valence-electron chi connectivity index (χ4n) is 2.29. The van der Waals surface area contributed by atoms with Crippen molar-refractivity contribution in [2.24, 2.45) is 0 Å². The lowest BCUT2D eigenvalue weighted by Crippen LogP contribution is -2.29. The first-order chi connectivity index (χ1) is 11.7. The number of hydrogen-bond donors (Lipinski definition) is 2. The van der Waals surface area contributed by atoms with Crippen molar-refractivity contribution in [2.75, 3.05) is 7.11 Å². The lowest BCUT2D eigenvalue weighted by Gasteiger charge is -2.08. The third kappa shape index (κ3) is 3.55. The highest BCUT2D eigenvalue weighted by Crippen LogP contribution is 2.18. The summed E-state index contributed by atoms with van der Waals surface area (Å²) in [5.41, 5.74) is 0.879. The molecular weight excluding hydrogens is 308 g/mol. The van der Waals surface area contributed by atoms with Crippen LogP contribution in [0.15, 0.2) is 59.4 Å². The maximum atomic E-state index is 12.1. The van der Waals surface area contributed by atoms with Gasteiger partial charge in [-0.15, -0.1) is 0 Å². The molecule has 0 radical (unpaired) electrons. The van der Waals surface area contributed by atoms with Crippen molar-refractivity contribution >= 4 is 17.0 Å². The van der Waals surface area contributed by atoms with Crippen LogP contribution in [0.1, 0.15) is 5.56 Å². The summed E-state index contributed by atoms with van der Waals surface area (Å²) < 4.78 is 10.3.